The smallest absolute Gasteiger partial charge is 0.237 e. The number of hydrogen-bond acceptors (Lipinski definition) is 4. The minimum atomic E-state index is -0.349. The Hall–Kier alpha value is -2.57. The first-order valence-electron chi connectivity index (χ1n) is 10.3. The van der Waals surface area contributed by atoms with Crippen LogP contribution in [0.5, 0.6) is 0 Å². The zero-order valence-corrected chi connectivity index (χ0v) is 18.0. The van der Waals surface area contributed by atoms with E-state index in [0.29, 0.717) is 0 Å². The fourth-order valence-electron chi connectivity index (χ4n) is 4.39. The van der Waals surface area contributed by atoms with Crippen molar-refractivity contribution in [3.63, 3.8) is 0 Å². The summed E-state index contributed by atoms with van der Waals surface area (Å²) in [7, 11) is 0. The Labute approximate surface area is 181 Å². The Balaban J connectivity index is 1.50. The van der Waals surface area contributed by atoms with Crippen LogP contribution in [0.3, 0.4) is 0 Å². The van der Waals surface area contributed by atoms with Gasteiger partial charge in [0.05, 0.1) is 0 Å². The Morgan fingerprint density at radius 2 is 1.90 bits per heavy atom. The summed E-state index contributed by atoms with van der Waals surface area (Å²) in [5.41, 5.74) is 8.42. The highest BCUT2D eigenvalue weighted by Crippen LogP contribution is 2.27. The molecule has 30 heavy (non-hydrogen) atoms. The van der Waals surface area contributed by atoms with Crippen molar-refractivity contribution >= 4 is 34.4 Å². The molecule has 1 unspecified atom stereocenters. The van der Waals surface area contributed by atoms with E-state index in [2.05, 4.69) is 11.0 Å². The van der Waals surface area contributed by atoms with Gasteiger partial charge in [-0.25, -0.2) is 0 Å². The zero-order chi connectivity index (χ0) is 21.1. The van der Waals surface area contributed by atoms with Crippen LogP contribution < -0.4 is 5.73 Å². The summed E-state index contributed by atoms with van der Waals surface area (Å²) in [4.78, 5) is 28.0. The average molecular weight is 422 g/mol. The molecule has 1 aliphatic heterocycles. The van der Waals surface area contributed by atoms with Gasteiger partial charge in [0, 0.05) is 46.6 Å². The Morgan fingerprint density at radius 1 is 1.13 bits per heavy atom. The summed E-state index contributed by atoms with van der Waals surface area (Å²) < 4.78 is 1.92. The molecule has 2 N–H and O–H groups in total. The molecule has 0 saturated carbocycles. The van der Waals surface area contributed by atoms with Gasteiger partial charge in [0.1, 0.15) is 6.54 Å². The number of carbonyl (C=O) groups is 2. The van der Waals surface area contributed by atoms with Crippen molar-refractivity contribution in [2.45, 2.75) is 30.8 Å². The van der Waals surface area contributed by atoms with E-state index in [1.54, 1.807) is 11.8 Å². The number of likely N-dealkylation sites (tertiary alicyclic amines) is 1. The van der Waals surface area contributed by atoms with Gasteiger partial charge in [0.15, 0.2) is 5.78 Å². The van der Waals surface area contributed by atoms with Crippen LogP contribution in [0, 0.1) is 5.92 Å². The van der Waals surface area contributed by atoms with Crippen LogP contribution in [-0.2, 0) is 17.9 Å². The number of thioether (sulfide) groups is 1. The number of ketones is 1. The molecule has 1 saturated heterocycles. The lowest BCUT2D eigenvalue weighted by Crippen LogP contribution is -2.38. The number of piperidine rings is 1. The number of nitrogens with two attached hydrogens (primary N) is 1. The van der Waals surface area contributed by atoms with Crippen LogP contribution in [-0.4, -0.2) is 40.5 Å². The average Bonchev–Trinajstić information content (AvgIpc) is 3.10. The van der Waals surface area contributed by atoms with Crippen LogP contribution in [0.1, 0.15) is 28.8 Å². The maximum atomic E-state index is 13.0. The molecule has 3 aromatic rings. The van der Waals surface area contributed by atoms with E-state index in [1.165, 1.54) is 10.5 Å². The molecule has 0 bridgehead atoms. The normalized spacial score (nSPS) is 17.3. The molecule has 2 aromatic carbocycles. The van der Waals surface area contributed by atoms with Gasteiger partial charge in [-0.05, 0) is 49.4 Å². The Morgan fingerprint density at radius 3 is 2.63 bits per heavy atom. The Kier molecular flexibility index (Phi) is 6.25. The fourth-order valence-corrected chi connectivity index (χ4v) is 4.80. The molecule has 1 aromatic heterocycles. The summed E-state index contributed by atoms with van der Waals surface area (Å²) in [5, 5.41) is 1.14. The van der Waals surface area contributed by atoms with Crippen molar-refractivity contribution in [3.8, 4) is 0 Å². The SMILES string of the molecule is CSc1ccc(C(=O)C2CCCN(Cc3cn(CC(N)=O)c4ccccc34)C2)cc1. The van der Waals surface area contributed by atoms with Gasteiger partial charge in [-0.2, -0.15) is 0 Å². The molecule has 6 heteroatoms. The number of Topliss-reactive ketones (excluding diaryl/α,β-unsaturated/α-hetero) is 1. The van der Waals surface area contributed by atoms with E-state index in [4.69, 9.17) is 5.73 Å². The van der Waals surface area contributed by atoms with Crippen LogP contribution in [0.2, 0.25) is 0 Å². The van der Waals surface area contributed by atoms with E-state index in [1.807, 2.05) is 59.5 Å². The highest BCUT2D eigenvalue weighted by molar-refractivity contribution is 7.98. The first-order valence-corrected chi connectivity index (χ1v) is 11.5. The lowest BCUT2D eigenvalue weighted by molar-refractivity contribution is -0.118. The molecule has 156 valence electrons. The molecular formula is C24H27N3O2S. The van der Waals surface area contributed by atoms with Gasteiger partial charge in [0.2, 0.25) is 5.91 Å². The van der Waals surface area contributed by atoms with Gasteiger partial charge in [-0.1, -0.05) is 30.3 Å². The molecule has 1 atom stereocenters. The van der Waals surface area contributed by atoms with Gasteiger partial charge < -0.3 is 10.3 Å². The van der Waals surface area contributed by atoms with E-state index in [-0.39, 0.29) is 24.2 Å². The zero-order valence-electron chi connectivity index (χ0n) is 17.2. The number of carbonyl (C=O) groups excluding carboxylic acids is 2. The minimum Gasteiger partial charge on any atom is -0.368 e. The lowest BCUT2D eigenvalue weighted by Gasteiger charge is -2.32. The topological polar surface area (TPSA) is 68.3 Å². The maximum absolute atomic E-state index is 13.0. The second-order valence-electron chi connectivity index (χ2n) is 7.93. The fraction of sp³-hybridized carbons (Fsp3) is 0.333. The summed E-state index contributed by atoms with van der Waals surface area (Å²) in [6, 6.07) is 16.0. The third kappa shape index (κ3) is 4.45. The monoisotopic (exact) mass is 421 g/mol. The van der Waals surface area contributed by atoms with Crippen molar-refractivity contribution in [2.24, 2.45) is 11.7 Å². The van der Waals surface area contributed by atoms with Crippen LogP contribution in [0.15, 0.2) is 59.6 Å². The van der Waals surface area contributed by atoms with Crippen molar-refractivity contribution in [1.29, 1.82) is 0 Å². The highest BCUT2D eigenvalue weighted by atomic mass is 32.2. The number of fused-ring (bicyclic) bond motifs is 1. The van der Waals surface area contributed by atoms with E-state index in [0.717, 1.165) is 48.9 Å². The maximum Gasteiger partial charge on any atom is 0.237 e. The number of primary amides is 1. The first-order chi connectivity index (χ1) is 14.5. The summed E-state index contributed by atoms with van der Waals surface area (Å²) >= 11 is 1.68. The molecule has 0 aliphatic carbocycles. The van der Waals surface area contributed by atoms with Crippen LogP contribution >= 0.6 is 11.8 Å². The largest absolute Gasteiger partial charge is 0.368 e. The predicted molar refractivity (Wildman–Crippen MR) is 122 cm³/mol. The molecule has 4 rings (SSSR count). The number of benzene rings is 2. The Bertz CT molecular complexity index is 1060. The van der Waals surface area contributed by atoms with Gasteiger partial charge in [-0.3, -0.25) is 14.5 Å². The highest BCUT2D eigenvalue weighted by Gasteiger charge is 2.27. The lowest BCUT2D eigenvalue weighted by atomic mass is 9.90. The molecule has 2 heterocycles. The number of nitrogens with zero attached hydrogens (tertiary/aromatic N) is 2. The van der Waals surface area contributed by atoms with Crippen LogP contribution in [0.25, 0.3) is 10.9 Å². The summed E-state index contributed by atoms with van der Waals surface area (Å²) in [6.07, 6.45) is 6.01. The third-order valence-electron chi connectivity index (χ3n) is 5.84. The second kappa shape index (κ2) is 9.06. The second-order valence-corrected chi connectivity index (χ2v) is 8.81. The van der Waals surface area contributed by atoms with Gasteiger partial charge >= 0.3 is 0 Å². The molecule has 0 spiro atoms. The number of aromatic nitrogens is 1. The predicted octanol–water partition coefficient (Wildman–Crippen LogP) is 3.94. The third-order valence-corrected chi connectivity index (χ3v) is 6.59. The molecule has 0 radical (unpaired) electrons. The summed E-state index contributed by atoms with van der Waals surface area (Å²) in [5.74, 6) is -0.0835. The molecule has 5 nitrogen and oxygen atoms in total. The van der Waals surface area contributed by atoms with Crippen molar-refractivity contribution in [3.05, 3.63) is 65.9 Å². The van der Waals surface area contributed by atoms with E-state index < -0.39 is 0 Å². The number of para-hydroxylation sites is 1. The number of hydrogen-bond donors (Lipinski definition) is 1. The summed E-state index contributed by atoms with van der Waals surface area (Å²) in [6.45, 7) is 2.68. The standard InChI is InChI=1S/C24H27N3O2S/c1-30-20-10-8-17(9-11-20)24(29)18-5-4-12-26(13-18)14-19-15-27(16-23(25)28)22-7-3-2-6-21(19)22/h2-3,6-11,15,18H,4-5,12-14,16H2,1H3,(H2,25,28). The first kappa shape index (κ1) is 20.7. The van der Waals surface area contributed by atoms with E-state index in [9.17, 15) is 9.59 Å². The van der Waals surface area contributed by atoms with Crippen molar-refractivity contribution in [2.75, 3.05) is 19.3 Å². The van der Waals surface area contributed by atoms with Crippen molar-refractivity contribution < 1.29 is 9.59 Å². The van der Waals surface area contributed by atoms with E-state index >= 15 is 0 Å². The molecular weight excluding hydrogens is 394 g/mol. The quantitative estimate of drug-likeness (QED) is 0.463. The number of rotatable bonds is 7. The molecule has 1 aliphatic rings. The molecule has 1 amide bonds. The van der Waals surface area contributed by atoms with Crippen molar-refractivity contribution in [1.82, 2.24) is 9.47 Å². The molecule has 1 fully saturated rings. The van der Waals surface area contributed by atoms with Crippen LogP contribution in [0.4, 0.5) is 0 Å². The minimum absolute atomic E-state index is 0.0258. The van der Waals surface area contributed by atoms with Gasteiger partial charge in [-0.15, -0.1) is 11.8 Å². The number of amides is 1. The van der Waals surface area contributed by atoms with Gasteiger partial charge in [0.25, 0.3) is 0 Å².